The van der Waals surface area contributed by atoms with Gasteiger partial charge in [-0.15, -0.1) is 0 Å². The van der Waals surface area contributed by atoms with Crippen molar-refractivity contribution in [1.29, 1.82) is 0 Å². The van der Waals surface area contributed by atoms with Crippen LogP contribution in [0.15, 0.2) is 93.9 Å². The van der Waals surface area contributed by atoms with Crippen LogP contribution >= 0.6 is 31.9 Å². The van der Waals surface area contributed by atoms with Crippen LogP contribution in [0, 0.1) is 0 Å². The Morgan fingerprint density at radius 3 is 1.06 bits per heavy atom. The largest absolute Gasteiger partial charge is 0.418 e. The van der Waals surface area contributed by atoms with E-state index in [1.807, 2.05) is 10.6 Å². The van der Waals surface area contributed by atoms with Gasteiger partial charge in [0, 0.05) is 20.1 Å². The lowest BCUT2D eigenvalue weighted by Gasteiger charge is -2.39. The molecule has 0 atom stereocenters. The maximum absolute atomic E-state index is 15.0. The summed E-state index contributed by atoms with van der Waals surface area (Å²) in [6.07, 6.45) is -24.7. The molecule has 4 aromatic rings. The van der Waals surface area contributed by atoms with Crippen molar-refractivity contribution in [3.8, 4) is 0 Å². The number of hydrogen-bond acceptors (Lipinski definition) is 2. The quantitative estimate of drug-likeness (QED) is 0.190. The summed E-state index contributed by atoms with van der Waals surface area (Å²) in [5.74, 6) is -2.44. The van der Waals surface area contributed by atoms with Crippen molar-refractivity contribution in [2.45, 2.75) is 30.1 Å². The molecule has 0 radical (unpaired) electrons. The van der Waals surface area contributed by atoms with Gasteiger partial charge in [-0.2, -0.15) is 52.7 Å². The van der Waals surface area contributed by atoms with Crippen molar-refractivity contribution in [2.75, 3.05) is 10.6 Å². The Hall–Kier alpha value is -4.06. The highest BCUT2D eigenvalue weighted by molar-refractivity contribution is 9.11. The standard InChI is InChI=1S/C31H16Br2F12N2O2/c32-21-13-17(11-19(28(34,35)36)23(21)46-25(48)15-7-3-1-4-8-15)27(30(40,41)42,31(43,44)45)18-12-20(29(37,38)39)24(22(33)14-18)47-26(49)16-9-5-2-6-10-16/h1-14H,(H,46,48)(H,47,49). The zero-order chi connectivity index (χ0) is 36.7. The van der Waals surface area contributed by atoms with Gasteiger partial charge in [0.1, 0.15) is 0 Å². The minimum Gasteiger partial charge on any atom is -0.320 e. The van der Waals surface area contributed by atoms with Gasteiger partial charge in [-0.3, -0.25) is 9.59 Å². The predicted molar refractivity (Wildman–Crippen MR) is 160 cm³/mol. The molecule has 0 heterocycles. The lowest BCUT2D eigenvalue weighted by Crippen LogP contribution is -2.55. The average molecular weight is 836 g/mol. The van der Waals surface area contributed by atoms with Gasteiger partial charge in [-0.1, -0.05) is 36.4 Å². The summed E-state index contributed by atoms with van der Waals surface area (Å²) in [5, 5.41) is 3.62. The summed E-state index contributed by atoms with van der Waals surface area (Å²) in [6.45, 7) is 0. The first-order valence-corrected chi connectivity index (χ1v) is 14.8. The molecule has 0 aliphatic heterocycles. The fourth-order valence-corrected chi connectivity index (χ4v) is 6.00. The smallest absolute Gasteiger partial charge is 0.320 e. The number of alkyl halides is 12. The number of hydrogen-bond donors (Lipinski definition) is 2. The molecule has 4 rings (SSSR count). The Balaban J connectivity index is 2.04. The Kier molecular flexibility index (Phi) is 10.3. The fourth-order valence-electron chi connectivity index (χ4n) is 4.88. The number of carbonyl (C=O) groups is 2. The highest BCUT2D eigenvalue weighted by Gasteiger charge is 2.73. The summed E-state index contributed by atoms with van der Waals surface area (Å²) in [7, 11) is 0. The van der Waals surface area contributed by atoms with Crippen LogP contribution in [-0.2, 0) is 17.8 Å². The molecule has 0 bridgehead atoms. The first kappa shape index (κ1) is 37.8. The predicted octanol–water partition coefficient (Wildman–Crippen LogP) is 11.2. The highest BCUT2D eigenvalue weighted by atomic mass is 79.9. The van der Waals surface area contributed by atoms with Crippen molar-refractivity contribution < 1.29 is 62.3 Å². The first-order chi connectivity index (χ1) is 22.5. The molecular weight excluding hydrogens is 820 g/mol. The topological polar surface area (TPSA) is 58.2 Å². The number of rotatable bonds is 6. The van der Waals surface area contributed by atoms with Crippen molar-refractivity contribution in [2.24, 2.45) is 0 Å². The van der Waals surface area contributed by atoms with Gasteiger partial charge in [-0.05, 0) is 91.5 Å². The van der Waals surface area contributed by atoms with E-state index in [0.29, 0.717) is 0 Å². The van der Waals surface area contributed by atoms with E-state index in [9.17, 15) is 62.3 Å². The van der Waals surface area contributed by atoms with E-state index < -0.39 is 96.6 Å². The molecule has 0 unspecified atom stereocenters. The van der Waals surface area contributed by atoms with Gasteiger partial charge in [-0.25, -0.2) is 0 Å². The minimum absolute atomic E-state index is 0.0247. The van der Waals surface area contributed by atoms with E-state index >= 15 is 0 Å². The van der Waals surface area contributed by atoms with Crippen LogP contribution in [0.25, 0.3) is 0 Å². The molecule has 0 aliphatic rings. The Bertz CT molecular complexity index is 1740. The maximum atomic E-state index is 15.0. The second kappa shape index (κ2) is 13.3. The summed E-state index contributed by atoms with van der Waals surface area (Å²) in [4.78, 5) is 25.3. The summed E-state index contributed by atoms with van der Waals surface area (Å²) >= 11 is 5.05. The molecule has 0 spiro atoms. The molecule has 260 valence electrons. The van der Waals surface area contributed by atoms with E-state index in [1.165, 1.54) is 36.4 Å². The number of carbonyl (C=O) groups excluding carboxylic acids is 2. The van der Waals surface area contributed by atoms with Crippen molar-refractivity contribution >= 4 is 55.0 Å². The Morgan fingerprint density at radius 1 is 0.490 bits per heavy atom. The average Bonchev–Trinajstić information content (AvgIpc) is 2.98. The SMILES string of the molecule is O=C(Nc1c(Br)cc(C(c2cc(Br)c(NC(=O)c3ccccc3)c(C(F)(F)F)c2)(C(F)(F)F)C(F)(F)F)cc1C(F)(F)F)c1ccccc1. The minimum atomic E-state index is -6.64. The molecule has 0 aromatic heterocycles. The number of halogens is 14. The zero-order valence-electron chi connectivity index (χ0n) is 23.7. The molecule has 4 nitrogen and oxygen atoms in total. The van der Waals surface area contributed by atoms with Crippen molar-refractivity contribution in [3.05, 3.63) is 127 Å². The van der Waals surface area contributed by atoms with Crippen LogP contribution < -0.4 is 10.6 Å². The first-order valence-electron chi connectivity index (χ1n) is 13.2. The maximum Gasteiger partial charge on any atom is 0.418 e. The lowest BCUT2D eigenvalue weighted by atomic mass is 9.72. The number of amides is 2. The third-order valence-electron chi connectivity index (χ3n) is 7.06. The summed E-state index contributed by atoms with van der Waals surface area (Å²) < 4.78 is 174. The number of benzene rings is 4. The van der Waals surface area contributed by atoms with Crippen LogP contribution in [0.4, 0.5) is 64.1 Å². The molecule has 0 fully saturated rings. The second-order valence-electron chi connectivity index (χ2n) is 10.1. The van der Waals surface area contributed by atoms with E-state index in [-0.39, 0.29) is 23.3 Å². The van der Waals surface area contributed by atoms with Gasteiger partial charge in [0.2, 0.25) is 5.41 Å². The highest BCUT2D eigenvalue weighted by Crippen LogP contribution is 2.59. The molecule has 0 saturated heterocycles. The molecule has 4 aromatic carbocycles. The van der Waals surface area contributed by atoms with Gasteiger partial charge >= 0.3 is 24.7 Å². The van der Waals surface area contributed by atoms with Crippen LogP contribution in [0.5, 0.6) is 0 Å². The molecular formula is C31H16Br2F12N2O2. The van der Waals surface area contributed by atoms with E-state index in [4.69, 9.17) is 0 Å². The lowest BCUT2D eigenvalue weighted by molar-refractivity contribution is -0.288. The zero-order valence-corrected chi connectivity index (χ0v) is 26.9. The Labute approximate surface area is 284 Å². The van der Waals surface area contributed by atoms with Crippen LogP contribution in [0.1, 0.15) is 43.0 Å². The van der Waals surface area contributed by atoms with Crippen molar-refractivity contribution in [1.82, 2.24) is 0 Å². The molecule has 2 N–H and O–H groups in total. The van der Waals surface area contributed by atoms with E-state index in [1.54, 1.807) is 0 Å². The van der Waals surface area contributed by atoms with Crippen LogP contribution in [0.3, 0.4) is 0 Å². The molecule has 0 aliphatic carbocycles. The van der Waals surface area contributed by atoms with Gasteiger partial charge in [0.25, 0.3) is 11.8 Å². The summed E-state index contributed by atoms with van der Waals surface area (Å²) in [6, 6.07) is 11.7. The monoisotopic (exact) mass is 834 g/mol. The summed E-state index contributed by atoms with van der Waals surface area (Å²) in [5.41, 5.74) is -17.3. The fraction of sp³-hybridized carbons (Fsp3) is 0.161. The number of nitrogens with one attached hydrogen (secondary N) is 2. The van der Waals surface area contributed by atoms with E-state index in [2.05, 4.69) is 31.9 Å². The third kappa shape index (κ3) is 7.44. The van der Waals surface area contributed by atoms with Crippen LogP contribution in [0.2, 0.25) is 0 Å². The van der Waals surface area contributed by atoms with E-state index in [0.717, 1.165) is 24.3 Å². The molecule has 18 heteroatoms. The Morgan fingerprint density at radius 2 is 0.796 bits per heavy atom. The molecule has 2 amide bonds. The molecule has 49 heavy (non-hydrogen) atoms. The number of anilines is 2. The third-order valence-corrected chi connectivity index (χ3v) is 8.31. The van der Waals surface area contributed by atoms with Gasteiger partial charge < -0.3 is 10.6 Å². The van der Waals surface area contributed by atoms with Gasteiger partial charge in [0.15, 0.2) is 0 Å². The van der Waals surface area contributed by atoms with Crippen LogP contribution in [-0.4, -0.2) is 24.2 Å². The molecule has 0 saturated carbocycles. The van der Waals surface area contributed by atoms with Crippen molar-refractivity contribution in [3.63, 3.8) is 0 Å². The second-order valence-corrected chi connectivity index (χ2v) is 11.9. The normalized spacial score (nSPS) is 12.9. The van der Waals surface area contributed by atoms with Gasteiger partial charge in [0.05, 0.1) is 22.5 Å².